The van der Waals surface area contributed by atoms with Gasteiger partial charge in [0.2, 0.25) is 0 Å². The number of hydrogen-bond acceptors (Lipinski definition) is 6. The molecule has 136 valence electrons. The van der Waals surface area contributed by atoms with Crippen molar-refractivity contribution < 1.29 is 24.2 Å². The number of methoxy groups -OCH3 is 2. The molecule has 0 bridgehead atoms. The second kappa shape index (κ2) is 8.30. The fourth-order valence-electron chi connectivity index (χ4n) is 2.19. The molecular formula is C18H17N2O5S-. The summed E-state index contributed by atoms with van der Waals surface area (Å²) >= 11 is 5.13. The summed E-state index contributed by atoms with van der Waals surface area (Å²) in [6, 6.07) is 9.14. The SMILES string of the molecule is COc1ccc(C(=O)NC(=S)Nc2cc(C(=O)[O-])ccc2C)cc1OC. The number of aromatic carboxylic acids is 1. The predicted molar refractivity (Wildman–Crippen MR) is 98.7 cm³/mol. The molecule has 7 nitrogen and oxygen atoms in total. The molecule has 0 aliphatic heterocycles. The zero-order chi connectivity index (χ0) is 19.3. The molecule has 1 amide bonds. The lowest BCUT2D eigenvalue weighted by Gasteiger charge is -2.14. The van der Waals surface area contributed by atoms with Gasteiger partial charge < -0.3 is 24.7 Å². The Kier molecular flexibility index (Phi) is 6.13. The summed E-state index contributed by atoms with van der Waals surface area (Å²) in [5.74, 6) is -0.832. The van der Waals surface area contributed by atoms with Crippen LogP contribution in [0.5, 0.6) is 11.5 Å². The van der Waals surface area contributed by atoms with E-state index in [0.29, 0.717) is 22.7 Å². The van der Waals surface area contributed by atoms with Crippen LogP contribution in [0.4, 0.5) is 5.69 Å². The fourth-order valence-corrected chi connectivity index (χ4v) is 2.39. The van der Waals surface area contributed by atoms with Crippen LogP contribution in [-0.4, -0.2) is 31.2 Å². The molecule has 0 radical (unpaired) electrons. The zero-order valence-electron chi connectivity index (χ0n) is 14.4. The molecule has 0 aliphatic rings. The van der Waals surface area contributed by atoms with E-state index in [1.807, 2.05) is 0 Å². The average molecular weight is 373 g/mol. The number of hydrogen-bond donors (Lipinski definition) is 2. The third kappa shape index (κ3) is 4.48. The van der Waals surface area contributed by atoms with Gasteiger partial charge in [0.05, 0.1) is 20.2 Å². The quantitative estimate of drug-likeness (QED) is 0.766. The van der Waals surface area contributed by atoms with Crippen molar-refractivity contribution in [3.8, 4) is 11.5 Å². The van der Waals surface area contributed by atoms with E-state index < -0.39 is 11.9 Å². The molecule has 0 heterocycles. The summed E-state index contributed by atoms with van der Waals surface area (Å²) in [7, 11) is 2.97. The Balaban J connectivity index is 2.12. The first-order chi connectivity index (χ1) is 12.3. The molecule has 0 saturated heterocycles. The number of rotatable bonds is 5. The van der Waals surface area contributed by atoms with Gasteiger partial charge in [0.15, 0.2) is 16.6 Å². The van der Waals surface area contributed by atoms with E-state index in [1.54, 1.807) is 25.1 Å². The van der Waals surface area contributed by atoms with Gasteiger partial charge >= 0.3 is 0 Å². The van der Waals surface area contributed by atoms with Gasteiger partial charge in [0.1, 0.15) is 0 Å². The van der Waals surface area contributed by atoms with Crippen molar-refractivity contribution >= 4 is 34.9 Å². The highest BCUT2D eigenvalue weighted by atomic mass is 32.1. The van der Waals surface area contributed by atoms with Gasteiger partial charge in [-0.15, -0.1) is 0 Å². The minimum atomic E-state index is -1.30. The Morgan fingerprint density at radius 2 is 1.65 bits per heavy atom. The molecule has 2 aromatic carbocycles. The van der Waals surface area contributed by atoms with Crippen molar-refractivity contribution in [2.45, 2.75) is 6.92 Å². The second-order valence-corrected chi connectivity index (χ2v) is 5.70. The van der Waals surface area contributed by atoms with Crippen LogP contribution in [0.25, 0.3) is 0 Å². The van der Waals surface area contributed by atoms with Crippen molar-refractivity contribution in [2.75, 3.05) is 19.5 Å². The molecule has 8 heteroatoms. The van der Waals surface area contributed by atoms with Crippen molar-refractivity contribution in [1.82, 2.24) is 5.32 Å². The van der Waals surface area contributed by atoms with E-state index in [4.69, 9.17) is 21.7 Å². The topological polar surface area (TPSA) is 99.7 Å². The Morgan fingerprint density at radius 1 is 1.00 bits per heavy atom. The van der Waals surface area contributed by atoms with Gasteiger partial charge in [-0.1, -0.05) is 12.1 Å². The standard InChI is InChI=1S/C18H18N2O5S/c1-10-4-5-12(17(22)23)8-13(10)19-18(26)20-16(21)11-6-7-14(24-2)15(9-11)25-3/h4-9H,1-3H3,(H,22,23)(H2,19,20,21,26)/p-1. The lowest BCUT2D eigenvalue weighted by molar-refractivity contribution is -0.255. The Hall–Kier alpha value is -3.13. The van der Waals surface area contributed by atoms with Gasteiger partial charge in [-0.3, -0.25) is 10.1 Å². The average Bonchev–Trinajstić information content (AvgIpc) is 2.62. The minimum Gasteiger partial charge on any atom is -0.545 e. The Labute approximate surface area is 155 Å². The normalized spacial score (nSPS) is 9.96. The van der Waals surface area contributed by atoms with E-state index in [0.717, 1.165) is 5.56 Å². The lowest BCUT2D eigenvalue weighted by Crippen LogP contribution is -2.34. The van der Waals surface area contributed by atoms with Crippen LogP contribution >= 0.6 is 12.2 Å². The summed E-state index contributed by atoms with van der Waals surface area (Å²) in [6.45, 7) is 1.78. The van der Waals surface area contributed by atoms with E-state index in [9.17, 15) is 14.7 Å². The maximum atomic E-state index is 12.3. The number of nitrogens with one attached hydrogen (secondary N) is 2. The molecule has 26 heavy (non-hydrogen) atoms. The van der Waals surface area contributed by atoms with Gasteiger partial charge in [-0.05, 0) is 54.5 Å². The monoisotopic (exact) mass is 373 g/mol. The number of amides is 1. The number of thiocarbonyl (C=S) groups is 1. The first-order valence-corrected chi connectivity index (χ1v) is 7.93. The maximum absolute atomic E-state index is 12.3. The van der Waals surface area contributed by atoms with Gasteiger partial charge in [-0.2, -0.15) is 0 Å². The molecule has 0 aliphatic carbocycles. The number of carboxylic acid groups (broad SMARTS) is 1. The fraction of sp³-hybridized carbons (Fsp3) is 0.167. The van der Waals surface area contributed by atoms with Crippen LogP contribution in [0.3, 0.4) is 0 Å². The van der Waals surface area contributed by atoms with Gasteiger partial charge in [0, 0.05) is 11.3 Å². The number of anilines is 1. The third-order valence-electron chi connectivity index (χ3n) is 3.59. The number of benzene rings is 2. The van der Waals surface area contributed by atoms with Crippen LogP contribution in [-0.2, 0) is 0 Å². The summed E-state index contributed by atoms with van der Waals surface area (Å²) in [6.07, 6.45) is 0. The molecule has 0 atom stereocenters. The highest BCUT2D eigenvalue weighted by Gasteiger charge is 2.13. The third-order valence-corrected chi connectivity index (χ3v) is 3.80. The van der Waals surface area contributed by atoms with Crippen LogP contribution in [0, 0.1) is 6.92 Å². The largest absolute Gasteiger partial charge is 0.545 e. The smallest absolute Gasteiger partial charge is 0.257 e. The molecule has 2 rings (SSSR count). The number of ether oxygens (including phenoxy) is 2. The number of carboxylic acids is 1. The van der Waals surface area contributed by atoms with Crippen LogP contribution < -0.4 is 25.2 Å². The summed E-state index contributed by atoms with van der Waals surface area (Å²) in [5.41, 5.74) is 1.56. The van der Waals surface area contributed by atoms with Crippen LogP contribution in [0.1, 0.15) is 26.3 Å². The number of carbonyl (C=O) groups excluding carboxylic acids is 2. The molecule has 2 aromatic rings. The van der Waals surface area contributed by atoms with Crippen molar-refractivity contribution in [3.05, 3.63) is 53.1 Å². The minimum absolute atomic E-state index is 0.00659. The van der Waals surface area contributed by atoms with Crippen molar-refractivity contribution in [3.63, 3.8) is 0 Å². The van der Waals surface area contributed by atoms with Crippen molar-refractivity contribution in [2.24, 2.45) is 0 Å². The maximum Gasteiger partial charge on any atom is 0.257 e. The number of aryl methyl sites for hydroxylation is 1. The van der Waals surface area contributed by atoms with Gasteiger partial charge in [0.25, 0.3) is 5.91 Å². The molecule has 0 unspecified atom stereocenters. The van der Waals surface area contributed by atoms with E-state index in [-0.39, 0.29) is 10.7 Å². The second-order valence-electron chi connectivity index (χ2n) is 5.30. The van der Waals surface area contributed by atoms with E-state index in [2.05, 4.69) is 10.6 Å². The molecular weight excluding hydrogens is 356 g/mol. The lowest BCUT2D eigenvalue weighted by atomic mass is 10.1. The highest BCUT2D eigenvalue weighted by molar-refractivity contribution is 7.80. The summed E-state index contributed by atoms with van der Waals surface area (Å²) < 4.78 is 10.3. The van der Waals surface area contributed by atoms with E-state index in [1.165, 1.54) is 32.4 Å². The summed E-state index contributed by atoms with van der Waals surface area (Å²) in [4.78, 5) is 23.3. The molecule has 2 N–H and O–H groups in total. The predicted octanol–water partition coefficient (Wildman–Crippen LogP) is 1.50. The molecule has 0 aromatic heterocycles. The van der Waals surface area contributed by atoms with Crippen LogP contribution in [0.15, 0.2) is 36.4 Å². The Bertz CT molecular complexity index is 867. The molecule has 0 saturated carbocycles. The summed E-state index contributed by atoms with van der Waals surface area (Å²) in [5, 5.41) is 16.3. The molecule has 0 fully saturated rings. The van der Waals surface area contributed by atoms with E-state index >= 15 is 0 Å². The van der Waals surface area contributed by atoms with Crippen LogP contribution in [0.2, 0.25) is 0 Å². The van der Waals surface area contributed by atoms with Gasteiger partial charge in [-0.25, -0.2) is 0 Å². The van der Waals surface area contributed by atoms with Crippen molar-refractivity contribution in [1.29, 1.82) is 0 Å². The zero-order valence-corrected chi connectivity index (χ0v) is 15.2. The molecule has 0 spiro atoms. The first-order valence-electron chi connectivity index (χ1n) is 7.52. The Morgan fingerprint density at radius 3 is 2.27 bits per heavy atom. The highest BCUT2D eigenvalue weighted by Crippen LogP contribution is 2.27. The number of carbonyl (C=O) groups is 2. The first kappa shape index (κ1) is 19.2.